The van der Waals surface area contributed by atoms with E-state index in [2.05, 4.69) is 45.9 Å². The van der Waals surface area contributed by atoms with Crippen LogP contribution in [-0.4, -0.2) is 91.5 Å². The summed E-state index contributed by atoms with van der Waals surface area (Å²) in [5, 5.41) is 9.73. The fourth-order valence-electron chi connectivity index (χ4n) is 6.48. The number of benzene rings is 2. The molecule has 0 amide bonds. The van der Waals surface area contributed by atoms with Gasteiger partial charge in [-0.25, -0.2) is 19.0 Å². The molecule has 0 spiro atoms. The van der Waals surface area contributed by atoms with Gasteiger partial charge >= 0.3 is 0 Å². The first kappa shape index (κ1) is 35.7. The minimum Gasteiger partial charge on any atom is -0.491 e. The molecule has 0 radical (unpaired) electrons. The molecule has 10 nitrogen and oxygen atoms in total. The molecule has 0 N–H and O–H groups in total. The molecule has 4 aromatic heterocycles. The molecule has 0 aliphatic carbocycles. The summed E-state index contributed by atoms with van der Waals surface area (Å²) in [6, 6.07) is 13.6. The standard InChI is InChI=1S/C19H20BrClN4O.C19H21ClN4O/c20-16-12-23-25-13-15(11-22-19(16)25)14-4-5-18(17(21)10-14)26-9-8-24-6-2-1-3-7-24;20-17-12-15(16-13-21-19-6-7-22-24(19)14-16)4-5-18(17)25-11-10-23-8-2-1-3-9-23/h4-5,10-13H,1-3,6-9H2;4-7,12-14H,1-3,8-11H2. The zero-order valence-electron chi connectivity index (χ0n) is 28.4. The van der Waals surface area contributed by atoms with E-state index in [1.165, 1.54) is 64.7 Å². The number of aromatic nitrogens is 6. The van der Waals surface area contributed by atoms with Crippen LogP contribution in [0.1, 0.15) is 38.5 Å². The lowest BCUT2D eigenvalue weighted by Gasteiger charge is -2.26. The van der Waals surface area contributed by atoms with E-state index in [1.54, 1.807) is 21.4 Å². The van der Waals surface area contributed by atoms with E-state index in [0.717, 1.165) is 62.6 Å². The highest BCUT2D eigenvalue weighted by molar-refractivity contribution is 9.10. The average molecular weight is 793 g/mol. The van der Waals surface area contributed by atoms with E-state index < -0.39 is 0 Å². The SMILES string of the molecule is Clc1cc(-c2cnc3c(Br)cnn3c2)ccc1OCCN1CCCCC1.Clc1cc(-c2cnc3ccnn3c2)ccc1OCCN1CCCCC1. The number of fused-ring (bicyclic) bond motifs is 2. The Bertz CT molecular complexity index is 2060. The van der Waals surface area contributed by atoms with E-state index in [9.17, 15) is 0 Å². The summed E-state index contributed by atoms with van der Waals surface area (Å²) in [5.41, 5.74) is 5.52. The van der Waals surface area contributed by atoms with Crippen molar-refractivity contribution in [3.05, 3.63) is 94.2 Å². The second-order valence-electron chi connectivity index (χ2n) is 12.9. The molecule has 2 fully saturated rings. The van der Waals surface area contributed by atoms with Crippen LogP contribution in [0.4, 0.5) is 0 Å². The lowest BCUT2D eigenvalue weighted by Crippen LogP contribution is -2.33. The van der Waals surface area contributed by atoms with Crippen LogP contribution in [0.5, 0.6) is 11.5 Å². The van der Waals surface area contributed by atoms with Gasteiger partial charge in [0.1, 0.15) is 24.7 Å². The molecular weight excluding hydrogens is 751 g/mol. The molecule has 8 rings (SSSR count). The zero-order chi connectivity index (χ0) is 35.0. The summed E-state index contributed by atoms with van der Waals surface area (Å²) in [4.78, 5) is 13.7. The van der Waals surface area contributed by atoms with E-state index in [0.29, 0.717) is 23.3 Å². The predicted molar refractivity (Wildman–Crippen MR) is 206 cm³/mol. The lowest BCUT2D eigenvalue weighted by molar-refractivity contribution is 0.183. The van der Waals surface area contributed by atoms with Crippen LogP contribution < -0.4 is 9.47 Å². The molecule has 0 atom stereocenters. The number of ether oxygens (including phenoxy) is 2. The molecule has 2 aromatic carbocycles. The Balaban J connectivity index is 0.000000159. The molecule has 13 heteroatoms. The summed E-state index contributed by atoms with van der Waals surface area (Å²) in [6.07, 6.45) is 18.9. The minimum atomic E-state index is 0.614. The van der Waals surface area contributed by atoms with E-state index in [1.807, 2.05) is 67.3 Å². The Kier molecular flexibility index (Phi) is 12.0. The molecule has 0 bridgehead atoms. The average Bonchev–Trinajstić information content (AvgIpc) is 3.80. The van der Waals surface area contributed by atoms with Gasteiger partial charge in [0, 0.05) is 55.1 Å². The van der Waals surface area contributed by atoms with Gasteiger partial charge in [-0.05, 0) is 103 Å². The van der Waals surface area contributed by atoms with Gasteiger partial charge in [0.2, 0.25) is 0 Å². The maximum atomic E-state index is 6.43. The van der Waals surface area contributed by atoms with Gasteiger partial charge in [0.05, 0.1) is 26.9 Å². The third-order valence-electron chi connectivity index (χ3n) is 9.32. The van der Waals surface area contributed by atoms with Gasteiger partial charge in [0.25, 0.3) is 0 Å². The largest absolute Gasteiger partial charge is 0.491 e. The topological polar surface area (TPSA) is 85.3 Å². The fourth-order valence-corrected chi connectivity index (χ4v) is 7.33. The van der Waals surface area contributed by atoms with Crippen molar-refractivity contribution in [2.24, 2.45) is 0 Å². The van der Waals surface area contributed by atoms with Crippen molar-refractivity contribution in [2.45, 2.75) is 38.5 Å². The Labute approximate surface area is 316 Å². The van der Waals surface area contributed by atoms with Gasteiger partial charge in [-0.1, -0.05) is 48.2 Å². The smallest absolute Gasteiger partial charge is 0.169 e. The highest BCUT2D eigenvalue weighted by Crippen LogP contribution is 2.32. The van der Waals surface area contributed by atoms with Crippen molar-refractivity contribution >= 4 is 50.4 Å². The van der Waals surface area contributed by atoms with Crippen LogP contribution in [0.2, 0.25) is 10.0 Å². The number of likely N-dealkylation sites (tertiary alicyclic amines) is 2. The van der Waals surface area contributed by atoms with Gasteiger partial charge < -0.3 is 9.47 Å². The first-order valence-electron chi connectivity index (χ1n) is 17.6. The van der Waals surface area contributed by atoms with Crippen molar-refractivity contribution in [3.63, 3.8) is 0 Å². The molecule has 51 heavy (non-hydrogen) atoms. The molecule has 2 aliphatic rings. The Hall–Kier alpha value is -3.74. The summed E-state index contributed by atoms with van der Waals surface area (Å²) >= 11 is 16.3. The van der Waals surface area contributed by atoms with Crippen molar-refractivity contribution in [2.75, 3.05) is 52.5 Å². The normalized spacial score (nSPS) is 15.5. The quantitative estimate of drug-likeness (QED) is 0.137. The van der Waals surface area contributed by atoms with E-state index in [-0.39, 0.29) is 0 Å². The van der Waals surface area contributed by atoms with Crippen LogP contribution in [0.15, 0.2) is 84.1 Å². The van der Waals surface area contributed by atoms with E-state index in [4.69, 9.17) is 32.7 Å². The van der Waals surface area contributed by atoms with Crippen LogP contribution in [0.3, 0.4) is 0 Å². The molecule has 2 aliphatic heterocycles. The Morgan fingerprint density at radius 3 is 1.73 bits per heavy atom. The van der Waals surface area contributed by atoms with Gasteiger partial charge in [0.15, 0.2) is 11.3 Å². The van der Waals surface area contributed by atoms with Crippen molar-refractivity contribution < 1.29 is 9.47 Å². The maximum Gasteiger partial charge on any atom is 0.169 e. The predicted octanol–water partition coefficient (Wildman–Crippen LogP) is 8.59. The van der Waals surface area contributed by atoms with Crippen LogP contribution in [-0.2, 0) is 0 Å². The second kappa shape index (κ2) is 17.2. The third-order valence-corrected chi connectivity index (χ3v) is 10.5. The number of hydrogen-bond acceptors (Lipinski definition) is 8. The van der Waals surface area contributed by atoms with Crippen molar-refractivity contribution in [1.29, 1.82) is 0 Å². The minimum absolute atomic E-state index is 0.614. The molecule has 266 valence electrons. The van der Waals surface area contributed by atoms with Crippen LogP contribution >= 0.6 is 39.1 Å². The highest BCUT2D eigenvalue weighted by atomic mass is 79.9. The first-order chi connectivity index (χ1) is 25.0. The number of rotatable bonds is 10. The van der Waals surface area contributed by atoms with Crippen molar-refractivity contribution in [3.8, 4) is 33.8 Å². The Morgan fingerprint density at radius 2 is 1.16 bits per heavy atom. The zero-order valence-corrected chi connectivity index (χ0v) is 31.5. The number of hydrogen-bond donors (Lipinski definition) is 0. The first-order valence-corrected chi connectivity index (χ1v) is 19.1. The van der Waals surface area contributed by atoms with Gasteiger partial charge in [-0.3, -0.25) is 9.80 Å². The molecule has 0 saturated carbocycles. The molecule has 0 unspecified atom stereocenters. The van der Waals surface area contributed by atoms with Crippen molar-refractivity contribution in [1.82, 2.24) is 39.0 Å². The second-order valence-corrected chi connectivity index (χ2v) is 14.5. The monoisotopic (exact) mass is 790 g/mol. The van der Waals surface area contributed by atoms with E-state index >= 15 is 0 Å². The molecule has 6 aromatic rings. The molecule has 6 heterocycles. The highest BCUT2D eigenvalue weighted by Gasteiger charge is 2.13. The molecular formula is C38H41BrCl2N8O2. The van der Waals surface area contributed by atoms with Gasteiger partial charge in [-0.2, -0.15) is 10.2 Å². The number of halogens is 3. The summed E-state index contributed by atoms with van der Waals surface area (Å²) < 4.78 is 16.1. The summed E-state index contributed by atoms with van der Waals surface area (Å²) in [5.74, 6) is 1.46. The fraction of sp³-hybridized carbons (Fsp3) is 0.368. The Morgan fingerprint density at radius 1 is 0.608 bits per heavy atom. The number of piperidine rings is 2. The third kappa shape index (κ3) is 9.20. The summed E-state index contributed by atoms with van der Waals surface area (Å²) in [6.45, 7) is 7.94. The summed E-state index contributed by atoms with van der Waals surface area (Å²) in [7, 11) is 0. The lowest BCUT2D eigenvalue weighted by atomic mass is 10.1. The van der Waals surface area contributed by atoms with Gasteiger partial charge in [-0.15, -0.1) is 0 Å². The van der Waals surface area contributed by atoms with Crippen LogP contribution in [0.25, 0.3) is 33.5 Å². The number of nitrogens with zero attached hydrogens (tertiary/aromatic N) is 8. The molecule has 2 saturated heterocycles. The maximum absolute atomic E-state index is 6.43. The van der Waals surface area contributed by atoms with Crippen LogP contribution in [0, 0.1) is 0 Å².